The van der Waals surface area contributed by atoms with Gasteiger partial charge >= 0.3 is 0 Å². The van der Waals surface area contributed by atoms with Crippen molar-refractivity contribution >= 4 is 16.9 Å². The summed E-state index contributed by atoms with van der Waals surface area (Å²) in [6, 6.07) is 11.3. The highest BCUT2D eigenvalue weighted by Gasteiger charge is 2.15. The topological polar surface area (TPSA) is 90.4 Å². The molecule has 27 heavy (non-hydrogen) atoms. The van der Waals surface area contributed by atoms with Crippen LogP contribution in [-0.4, -0.2) is 51.6 Å². The number of rotatable bonds is 5. The van der Waals surface area contributed by atoms with Gasteiger partial charge in [-0.05, 0) is 50.2 Å². The van der Waals surface area contributed by atoms with Gasteiger partial charge in [0.15, 0.2) is 0 Å². The second kappa shape index (κ2) is 7.28. The number of benzene rings is 1. The number of fused-ring (bicyclic) bond motifs is 1. The number of hydrogen-bond acceptors (Lipinski definition) is 4. The maximum atomic E-state index is 12.5. The number of amides is 1. The van der Waals surface area contributed by atoms with E-state index in [9.17, 15) is 14.7 Å². The van der Waals surface area contributed by atoms with E-state index in [1.54, 1.807) is 30.3 Å². The predicted molar refractivity (Wildman–Crippen MR) is 104 cm³/mol. The number of phenolic OH excluding ortho intramolecular Hbond substituents is 1. The summed E-state index contributed by atoms with van der Waals surface area (Å²) in [7, 11) is 0. The maximum absolute atomic E-state index is 12.5. The molecule has 1 fully saturated rings. The Morgan fingerprint density at radius 1 is 1.15 bits per heavy atom. The van der Waals surface area contributed by atoms with Crippen LogP contribution in [0.15, 0.2) is 47.3 Å². The number of aromatic nitrogens is 2. The van der Waals surface area contributed by atoms with E-state index in [2.05, 4.69) is 15.2 Å². The number of nitrogens with one attached hydrogen (secondary N) is 2. The Morgan fingerprint density at radius 3 is 2.74 bits per heavy atom. The van der Waals surface area contributed by atoms with E-state index in [4.69, 9.17) is 0 Å². The third-order valence-electron chi connectivity index (χ3n) is 4.92. The predicted octanol–water partition coefficient (Wildman–Crippen LogP) is 1.85. The van der Waals surface area contributed by atoms with Crippen LogP contribution in [0.25, 0.3) is 16.7 Å². The van der Waals surface area contributed by atoms with Crippen molar-refractivity contribution in [3.8, 4) is 11.4 Å². The molecule has 1 aromatic carbocycles. The number of carbonyl (C=O) groups is 1. The zero-order valence-corrected chi connectivity index (χ0v) is 14.9. The molecule has 0 radical (unpaired) electrons. The molecule has 1 amide bonds. The first-order chi connectivity index (χ1) is 13.1. The number of pyridine rings is 1. The molecule has 7 nitrogen and oxygen atoms in total. The molecular weight excluding hydrogens is 344 g/mol. The van der Waals surface area contributed by atoms with Crippen LogP contribution in [0.2, 0.25) is 0 Å². The average Bonchev–Trinajstić information content (AvgIpc) is 3.31. The Bertz CT molecular complexity index is 1030. The van der Waals surface area contributed by atoms with Crippen molar-refractivity contribution in [3.63, 3.8) is 0 Å². The van der Waals surface area contributed by atoms with Crippen LogP contribution in [-0.2, 0) is 0 Å². The van der Waals surface area contributed by atoms with E-state index in [1.165, 1.54) is 29.5 Å². The van der Waals surface area contributed by atoms with Crippen molar-refractivity contribution < 1.29 is 9.90 Å². The summed E-state index contributed by atoms with van der Waals surface area (Å²) in [5, 5.41) is 13.4. The standard InChI is InChI=1S/C20H22N4O3/c25-16-5-3-4-15(13-16)24-18(26)7-6-14-12-17(22-19(14)24)20(27)21-8-11-23-9-1-2-10-23/h3-7,12-13,22,25H,1-2,8-11H2,(H,21,27). The zero-order chi connectivity index (χ0) is 18.8. The molecule has 0 bridgehead atoms. The van der Waals surface area contributed by atoms with Gasteiger partial charge in [-0.2, -0.15) is 0 Å². The fourth-order valence-electron chi connectivity index (χ4n) is 3.56. The minimum atomic E-state index is -0.240. The number of aromatic amines is 1. The van der Waals surface area contributed by atoms with Gasteiger partial charge in [0.25, 0.3) is 11.5 Å². The molecule has 3 heterocycles. The minimum absolute atomic E-state index is 0.0721. The molecule has 140 valence electrons. The molecule has 0 aliphatic carbocycles. The SMILES string of the molecule is O=C(NCCN1CCCC1)c1cc2ccc(=O)n(-c3cccc(O)c3)c2[nH]1. The van der Waals surface area contributed by atoms with Gasteiger partial charge in [0.1, 0.15) is 17.1 Å². The van der Waals surface area contributed by atoms with Gasteiger partial charge < -0.3 is 20.3 Å². The highest BCUT2D eigenvalue weighted by Crippen LogP contribution is 2.20. The maximum Gasteiger partial charge on any atom is 0.267 e. The van der Waals surface area contributed by atoms with E-state index >= 15 is 0 Å². The van der Waals surface area contributed by atoms with Crippen molar-refractivity contribution in [2.24, 2.45) is 0 Å². The van der Waals surface area contributed by atoms with Crippen molar-refractivity contribution in [1.29, 1.82) is 0 Å². The lowest BCUT2D eigenvalue weighted by Gasteiger charge is -2.14. The highest BCUT2D eigenvalue weighted by atomic mass is 16.3. The summed E-state index contributed by atoms with van der Waals surface area (Å²) >= 11 is 0. The Hall–Kier alpha value is -3.06. The second-order valence-electron chi connectivity index (χ2n) is 6.82. The van der Waals surface area contributed by atoms with Gasteiger partial charge in [-0.3, -0.25) is 14.2 Å². The monoisotopic (exact) mass is 366 g/mol. The molecule has 1 aliphatic heterocycles. The Balaban J connectivity index is 1.59. The number of H-pyrrole nitrogens is 1. The molecule has 0 spiro atoms. The van der Waals surface area contributed by atoms with Crippen LogP contribution in [0.4, 0.5) is 0 Å². The third kappa shape index (κ3) is 3.59. The van der Waals surface area contributed by atoms with Crippen LogP contribution < -0.4 is 10.9 Å². The molecule has 3 aromatic rings. The fraction of sp³-hybridized carbons (Fsp3) is 0.300. The number of phenols is 1. The summed E-state index contributed by atoms with van der Waals surface area (Å²) < 4.78 is 1.45. The molecule has 1 saturated heterocycles. The Morgan fingerprint density at radius 2 is 1.96 bits per heavy atom. The number of hydrogen-bond donors (Lipinski definition) is 3. The number of carbonyl (C=O) groups excluding carboxylic acids is 1. The van der Waals surface area contributed by atoms with E-state index in [-0.39, 0.29) is 17.2 Å². The summed E-state index contributed by atoms with van der Waals surface area (Å²) in [5.41, 5.74) is 1.23. The van der Waals surface area contributed by atoms with Crippen molar-refractivity contribution in [2.75, 3.05) is 26.2 Å². The lowest BCUT2D eigenvalue weighted by atomic mass is 10.2. The first-order valence-electron chi connectivity index (χ1n) is 9.16. The van der Waals surface area contributed by atoms with E-state index in [0.717, 1.165) is 25.0 Å². The molecule has 3 N–H and O–H groups in total. The fourth-order valence-corrected chi connectivity index (χ4v) is 3.56. The van der Waals surface area contributed by atoms with Crippen molar-refractivity contribution in [3.05, 3.63) is 58.5 Å². The molecule has 0 unspecified atom stereocenters. The molecule has 0 saturated carbocycles. The quantitative estimate of drug-likeness (QED) is 0.643. The average molecular weight is 366 g/mol. The largest absolute Gasteiger partial charge is 0.508 e. The lowest BCUT2D eigenvalue weighted by Crippen LogP contribution is -2.33. The van der Waals surface area contributed by atoms with Crippen LogP contribution in [0.3, 0.4) is 0 Å². The molecular formula is C20H22N4O3. The lowest BCUT2D eigenvalue weighted by molar-refractivity contribution is 0.0945. The van der Waals surface area contributed by atoms with Crippen LogP contribution in [0.1, 0.15) is 23.3 Å². The summed E-state index contributed by atoms with van der Waals surface area (Å²) in [4.78, 5) is 30.3. The minimum Gasteiger partial charge on any atom is -0.508 e. The number of aromatic hydroxyl groups is 1. The van der Waals surface area contributed by atoms with Gasteiger partial charge in [-0.1, -0.05) is 6.07 Å². The van der Waals surface area contributed by atoms with Crippen molar-refractivity contribution in [1.82, 2.24) is 19.8 Å². The smallest absolute Gasteiger partial charge is 0.267 e. The van der Waals surface area contributed by atoms with E-state index in [1.807, 2.05) is 0 Å². The van der Waals surface area contributed by atoms with Gasteiger partial charge in [-0.25, -0.2) is 0 Å². The molecule has 2 aromatic heterocycles. The molecule has 7 heteroatoms. The normalized spacial score (nSPS) is 14.7. The Labute approximate surface area is 156 Å². The molecule has 1 aliphatic rings. The first-order valence-corrected chi connectivity index (χ1v) is 9.16. The summed E-state index contributed by atoms with van der Waals surface area (Å²) in [6.07, 6.45) is 2.45. The summed E-state index contributed by atoms with van der Waals surface area (Å²) in [6.45, 7) is 3.63. The van der Waals surface area contributed by atoms with Gasteiger partial charge in [0.2, 0.25) is 0 Å². The highest BCUT2D eigenvalue weighted by molar-refractivity contribution is 5.97. The van der Waals surface area contributed by atoms with E-state index in [0.29, 0.717) is 23.6 Å². The number of likely N-dealkylation sites (tertiary alicyclic amines) is 1. The third-order valence-corrected chi connectivity index (χ3v) is 4.92. The van der Waals surface area contributed by atoms with Gasteiger partial charge in [0, 0.05) is 30.6 Å². The van der Waals surface area contributed by atoms with Crippen LogP contribution >= 0.6 is 0 Å². The zero-order valence-electron chi connectivity index (χ0n) is 14.9. The van der Waals surface area contributed by atoms with Gasteiger partial charge in [0.05, 0.1) is 5.69 Å². The second-order valence-corrected chi connectivity index (χ2v) is 6.82. The van der Waals surface area contributed by atoms with Crippen molar-refractivity contribution in [2.45, 2.75) is 12.8 Å². The molecule has 0 atom stereocenters. The first kappa shape index (κ1) is 17.4. The van der Waals surface area contributed by atoms with Crippen LogP contribution in [0.5, 0.6) is 5.75 Å². The van der Waals surface area contributed by atoms with Gasteiger partial charge in [-0.15, -0.1) is 0 Å². The number of nitrogens with zero attached hydrogens (tertiary/aromatic N) is 2. The van der Waals surface area contributed by atoms with E-state index < -0.39 is 0 Å². The molecule has 4 rings (SSSR count). The van der Waals surface area contributed by atoms with Crippen LogP contribution in [0, 0.1) is 0 Å². The Kier molecular flexibility index (Phi) is 4.68. The summed E-state index contributed by atoms with van der Waals surface area (Å²) in [5.74, 6) is -0.122.